The molecule has 0 radical (unpaired) electrons. The number of pyridine rings is 1. The number of nitrogens with zero attached hydrogens (tertiary/aromatic N) is 1. The summed E-state index contributed by atoms with van der Waals surface area (Å²) in [4.78, 5) is 28.6. The van der Waals surface area contributed by atoms with Crippen LogP contribution in [0.15, 0.2) is 48.5 Å². The predicted octanol–water partition coefficient (Wildman–Crippen LogP) is 0.971. The Hall–Kier alpha value is -2.74. The van der Waals surface area contributed by atoms with Crippen LogP contribution in [-0.4, -0.2) is 49.3 Å². The summed E-state index contributed by atoms with van der Waals surface area (Å²) < 4.78 is 23.0. The van der Waals surface area contributed by atoms with Crippen molar-refractivity contribution in [1.82, 2.24) is 15.6 Å². The van der Waals surface area contributed by atoms with Crippen molar-refractivity contribution in [2.75, 3.05) is 18.1 Å². The van der Waals surface area contributed by atoms with E-state index in [2.05, 4.69) is 15.6 Å². The van der Waals surface area contributed by atoms with Crippen molar-refractivity contribution in [3.63, 3.8) is 0 Å². The average Bonchev–Trinajstić information content (AvgIpc) is 3.01. The zero-order valence-electron chi connectivity index (χ0n) is 14.7. The molecule has 0 bridgehead atoms. The third kappa shape index (κ3) is 5.37. The van der Waals surface area contributed by atoms with Gasteiger partial charge in [0.25, 0.3) is 11.8 Å². The molecule has 1 fully saturated rings. The molecular formula is C19H21N3O4S. The Morgan fingerprint density at radius 2 is 1.70 bits per heavy atom. The molecule has 1 unspecified atom stereocenters. The van der Waals surface area contributed by atoms with Gasteiger partial charge in [0.15, 0.2) is 9.84 Å². The van der Waals surface area contributed by atoms with Gasteiger partial charge in [0.2, 0.25) is 0 Å². The number of aromatic nitrogens is 1. The normalized spacial score (nSPS) is 18.0. The molecule has 27 heavy (non-hydrogen) atoms. The number of hydrogen-bond donors (Lipinski definition) is 2. The monoisotopic (exact) mass is 387 g/mol. The Kier molecular flexibility index (Phi) is 5.85. The highest BCUT2D eigenvalue weighted by Gasteiger charge is 2.29. The number of amides is 2. The molecular weight excluding hydrogens is 366 g/mol. The lowest BCUT2D eigenvalue weighted by atomic mass is 10.1. The van der Waals surface area contributed by atoms with Crippen molar-refractivity contribution < 1.29 is 18.0 Å². The average molecular weight is 387 g/mol. The van der Waals surface area contributed by atoms with E-state index in [-0.39, 0.29) is 28.8 Å². The molecule has 2 amide bonds. The van der Waals surface area contributed by atoms with Gasteiger partial charge < -0.3 is 10.6 Å². The molecule has 142 valence electrons. The quantitative estimate of drug-likeness (QED) is 0.768. The minimum Gasteiger partial charge on any atom is -0.350 e. The lowest BCUT2D eigenvalue weighted by Crippen LogP contribution is -2.36. The van der Waals surface area contributed by atoms with Crippen molar-refractivity contribution in [3.05, 3.63) is 65.5 Å². The van der Waals surface area contributed by atoms with Gasteiger partial charge in [0.05, 0.1) is 11.5 Å². The van der Waals surface area contributed by atoms with Crippen molar-refractivity contribution >= 4 is 21.7 Å². The van der Waals surface area contributed by atoms with Crippen LogP contribution >= 0.6 is 0 Å². The van der Waals surface area contributed by atoms with Crippen LogP contribution in [0.5, 0.6) is 0 Å². The van der Waals surface area contributed by atoms with Gasteiger partial charge in [-0.25, -0.2) is 13.4 Å². The van der Waals surface area contributed by atoms with E-state index in [0.29, 0.717) is 19.4 Å². The van der Waals surface area contributed by atoms with Gasteiger partial charge >= 0.3 is 0 Å². The zero-order valence-corrected chi connectivity index (χ0v) is 15.5. The van der Waals surface area contributed by atoms with E-state index in [9.17, 15) is 18.0 Å². The van der Waals surface area contributed by atoms with Crippen molar-refractivity contribution in [3.8, 4) is 0 Å². The Labute approximate surface area is 158 Å². The first-order valence-electron chi connectivity index (χ1n) is 8.73. The summed E-state index contributed by atoms with van der Waals surface area (Å²) in [6.07, 6.45) is 1.09. The van der Waals surface area contributed by atoms with E-state index in [1.54, 1.807) is 6.07 Å². The lowest BCUT2D eigenvalue weighted by molar-refractivity contribution is 0.0935. The Morgan fingerprint density at radius 1 is 1.00 bits per heavy atom. The van der Waals surface area contributed by atoms with Gasteiger partial charge in [-0.2, -0.15) is 0 Å². The molecule has 2 aromatic rings. The Bertz CT molecular complexity index is 929. The number of hydrogen-bond acceptors (Lipinski definition) is 5. The molecule has 1 atom stereocenters. The minimum absolute atomic E-state index is 0.0571. The minimum atomic E-state index is -3.08. The van der Waals surface area contributed by atoms with E-state index in [0.717, 1.165) is 5.56 Å². The van der Waals surface area contributed by atoms with Crippen LogP contribution in [0, 0.1) is 0 Å². The summed E-state index contributed by atoms with van der Waals surface area (Å²) >= 11 is 0. The maximum absolute atomic E-state index is 12.3. The first-order chi connectivity index (χ1) is 12.9. The van der Waals surface area contributed by atoms with E-state index in [4.69, 9.17) is 0 Å². The molecule has 3 rings (SSSR count). The van der Waals surface area contributed by atoms with Crippen LogP contribution in [0.1, 0.15) is 33.0 Å². The van der Waals surface area contributed by atoms with Gasteiger partial charge in [0.1, 0.15) is 11.4 Å². The molecule has 1 aliphatic heterocycles. The lowest BCUT2D eigenvalue weighted by Gasteiger charge is -2.11. The van der Waals surface area contributed by atoms with Crippen molar-refractivity contribution in [2.24, 2.45) is 0 Å². The van der Waals surface area contributed by atoms with Crippen LogP contribution in [0.2, 0.25) is 0 Å². The molecule has 0 saturated carbocycles. The molecule has 2 N–H and O–H groups in total. The van der Waals surface area contributed by atoms with Gasteiger partial charge in [-0.3, -0.25) is 9.59 Å². The number of benzene rings is 1. The first-order valence-corrected chi connectivity index (χ1v) is 10.6. The summed E-state index contributed by atoms with van der Waals surface area (Å²) in [6, 6.07) is 14.0. The van der Waals surface area contributed by atoms with Crippen LogP contribution in [0.4, 0.5) is 0 Å². The van der Waals surface area contributed by atoms with Gasteiger partial charge in [-0.1, -0.05) is 36.4 Å². The summed E-state index contributed by atoms with van der Waals surface area (Å²) in [5.41, 5.74) is 1.36. The SMILES string of the molecule is O=C(NCCc1ccccc1)c1cccc(C(=O)NC2CCS(=O)(=O)C2)n1. The van der Waals surface area contributed by atoms with Crippen molar-refractivity contribution in [2.45, 2.75) is 18.9 Å². The van der Waals surface area contributed by atoms with Crippen LogP contribution < -0.4 is 10.6 Å². The second kappa shape index (κ2) is 8.30. The molecule has 0 aliphatic carbocycles. The molecule has 1 aliphatic rings. The van der Waals surface area contributed by atoms with Gasteiger partial charge in [-0.05, 0) is 30.5 Å². The maximum atomic E-state index is 12.3. The number of sulfone groups is 1. The van der Waals surface area contributed by atoms with Crippen molar-refractivity contribution in [1.29, 1.82) is 0 Å². The highest BCUT2D eigenvalue weighted by molar-refractivity contribution is 7.91. The topological polar surface area (TPSA) is 105 Å². The van der Waals surface area contributed by atoms with E-state index < -0.39 is 21.8 Å². The second-order valence-electron chi connectivity index (χ2n) is 6.47. The van der Waals surface area contributed by atoms with Crippen LogP contribution in [0.3, 0.4) is 0 Å². The largest absolute Gasteiger partial charge is 0.350 e. The van der Waals surface area contributed by atoms with Crippen LogP contribution in [0.25, 0.3) is 0 Å². The molecule has 1 aromatic carbocycles. The third-order valence-electron chi connectivity index (χ3n) is 4.32. The Morgan fingerprint density at radius 3 is 2.37 bits per heavy atom. The fourth-order valence-electron chi connectivity index (χ4n) is 2.91. The summed E-state index contributed by atoms with van der Waals surface area (Å²) in [5, 5.41) is 5.45. The third-order valence-corrected chi connectivity index (χ3v) is 6.09. The number of rotatable bonds is 6. The standard InChI is InChI=1S/C19H21N3O4S/c23-18(20-11-9-14-5-2-1-3-6-14)16-7-4-8-17(22-16)19(24)21-15-10-12-27(25,26)13-15/h1-8,15H,9-13H2,(H,20,23)(H,21,24). The molecule has 1 aromatic heterocycles. The molecule has 0 spiro atoms. The Balaban J connectivity index is 1.56. The summed E-state index contributed by atoms with van der Waals surface area (Å²) in [7, 11) is -3.08. The van der Waals surface area contributed by atoms with E-state index in [1.807, 2.05) is 30.3 Å². The van der Waals surface area contributed by atoms with Crippen LogP contribution in [-0.2, 0) is 16.3 Å². The van der Waals surface area contributed by atoms with E-state index >= 15 is 0 Å². The fraction of sp³-hybridized carbons (Fsp3) is 0.316. The maximum Gasteiger partial charge on any atom is 0.270 e. The molecule has 7 nitrogen and oxygen atoms in total. The highest BCUT2D eigenvalue weighted by Crippen LogP contribution is 2.12. The summed E-state index contributed by atoms with van der Waals surface area (Å²) in [6.45, 7) is 0.459. The molecule has 8 heteroatoms. The first kappa shape index (κ1) is 19.0. The second-order valence-corrected chi connectivity index (χ2v) is 8.70. The number of nitrogens with one attached hydrogen (secondary N) is 2. The fourth-order valence-corrected chi connectivity index (χ4v) is 4.58. The zero-order chi connectivity index (χ0) is 19.3. The molecule has 1 saturated heterocycles. The number of carbonyl (C=O) groups excluding carboxylic acids is 2. The summed E-state index contributed by atoms with van der Waals surface area (Å²) in [5.74, 6) is -0.812. The molecule has 2 heterocycles. The van der Waals surface area contributed by atoms with Gasteiger partial charge in [0, 0.05) is 12.6 Å². The van der Waals surface area contributed by atoms with Gasteiger partial charge in [-0.15, -0.1) is 0 Å². The predicted molar refractivity (Wildman–Crippen MR) is 101 cm³/mol. The highest BCUT2D eigenvalue weighted by atomic mass is 32.2. The number of carbonyl (C=O) groups is 2. The smallest absolute Gasteiger partial charge is 0.270 e. The van der Waals surface area contributed by atoms with E-state index in [1.165, 1.54) is 12.1 Å².